The predicted molar refractivity (Wildman–Crippen MR) is 153 cm³/mol. The zero-order valence-corrected chi connectivity index (χ0v) is 23.2. The molecule has 0 aliphatic heterocycles. The van der Waals surface area contributed by atoms with Crippen molar-refractivity contribution in [2.45, 2.75) is 49.9 Å². The lowest BCUT2D eigenvalue weighted by atomic mass is 10.0. The molecule has 0 saturated heterocycles. The van der Waals surface area contributed by atoms with Crippen molar-refractivity contribution in [2.24, 2.45) is 11.5 Å². The molecule has 4 atom stereocenters. The van der Waals surface area contributed by atoms with Crippen LogP contribution in [-0.2, 0) is 36.8 Å². The summed E-state index contributed by atoms with van der Waals surface area (Å²) in [4.78, 5) is 72.5. The van der Waals surface area contributed by atoms with Crippen molar-refractivity contribution < 1.29 is 29.1 Å². The molecule has 0 radical (unpaired) electrons. The number of H-pyrrole nitrogens is 2. The average molecular weight is 587 g/mol. The summed E-state index contributed by atoms with van der Waals surface area (Å²) < 4.78 is 0. The first kappa shape index (κ1) is 31.2. The third kappa shape index (κ3) is 9.08. The first-order valence-corrected chi connectivity index (χ1v) is 14.2. The average Bonchev–Trinajstić information content (AvgIpc) is 3.60. The highest BCUT2D eigenvalue weighted by Crippen LogP contribution is 2.19. The van der Waals surface area contributed by atoms with Crippen LogP contribution < -0.4 is 27.4 Å². The number of amides is 4. The normalized spacial score (nSPS) is 14.0. The Balaban J connectivity index is 1.86. The summed E-state index contributed by atoms with van der Waals surface area (Å²) in [6.07, 6.45) is 6.21. The molecule has 2 heterocycles. The van der Waals surface area contributed by atoms with Crippen LogP contribution in [0.1, 0.15) is 24.1 Å². The van der Waals surface area contributed by atoms with E-state index < -0.39 is 60.2 Å². The Morgan fingerprint density at radius 2 is 1.63 bits per heavy atom. The number of thioether (sulfide) groups is 1. The predicted octanol–water partition coefficient (Wildman–Crippen LogP) is -0.829. The second kappa shape index (κ2) is 14.9. The summed E-state index contributed by atoms with van der Waals surface area (Å²) >= 11 is 1.53. The second-order valence-corrected chi connectivity index (χ2v) is 10.4. The minimum atomic E-state index is -1.60. The maximum atomic E-state index is 13.6. The van der Waals surface area contributed by atoms with Gasteiger partial charge in [-0.05, 0) is 30.1 Å². The van der Waals surface area contributed by atoms with Crippen molar-refractivity contribution in [1.29, 1.82) is 0 Å². The lowest BCUT2D eigenvalue weighted by molar-refractivity contribution is -0.143. The number of fused-ring (bicyclic) bond motifs is 1. The van der Waals surface area contributed by atoms with Gasteiger partial charge in [-0.25, -0.2) is 9.78 Å². The number of carbonyl (C=O) groups is 5. The van der Waals surface area contributed by atoms with E-state index in [9.17, 15) is 29.1 Å². The van der Waals surface area contributed by atoms with Gasteiger partial charge >= 0.3 is 5.97 Å². The number of imidazole rings is 1. The number of carboxylic acid groups (broad SMARTS) is 1. The number of hydrogen-bond donors (Lipinski definition) is 8. The number of para-hydroxylation sites is 1. The summed E-state index contributed by atoms with van der Waals surface area (Å²) in [5.41, 5.74) is 13.2. The molecule has 0 spiro atoms. The number of nitrogens with zero attached hydrogens (tertiary/aromatic N) is 1. The van der Waals surface area contributed by atoms with E-state index in [0.29, 0.717) is 17.9 Å². The fraction of sp³-hybridized carbons (Fsp3) is 0.385. The number of hydrogen-bond acceptors (Lipinski definition) is 8. The summed E-state index contributed by atoms with van der Waals surface area (Å²) in [5, 5.41) is 17.9. The number of nitrogens with one attached hydrogen (secondary N) is 5. The molecule has 41 heavy (non-hydrogen) atoms. The van der Waals surface area contributed by atoms with Crippen LogP contribution >= 0.6 is 11.8 Å². The van der Waals surface area contributed by atoms with Crippen molar-refractivity contribution in [3.63, 3.8) is 0 Å². The van der Waals surface area contributed by atoms with Crippen LogP contribution in [0.2, 0.25) is 0 Å². The Kier molecular flexibility index (Phi) is 11.3. The van der Waals surface area contributed by atoms with Crippen LogP contribution in [0, 0.1) is 0 Å². The molecular weight excluding hydrogens is 552 g/mol. The number of aliphatic carboxylic acids is 1. The van der Waals surface area contributed by atoms with Crippen LogP contribution in [0.3, 0.4) is 0 Å². The maximum Gasteiger partial charge on any atom is 0.326 e. The summed E-state index contributed by atoms with van der Waals surface area (Å²) in [5.74, 6) is -3.83. The number of primary amides is 1. The Morgan fingerprint density at radius 3 is 2.27 bits per heavy atom. The van der Waals surface area contributed by atoms with E-state index in [1.807, 2.05) is 30.5 Å². The first-order chi connectivity index (χ1) is 19.6. The molecule has 3 aromatic rings. The zero-order chi connectivity index (χ0) is 29.9. The van der Waals surface area contributed by atoms with Crippen LogP contribution in [0.15, 0.2) is 43.0 Å². The van der Waals surface area contributed by atoms with Gasteiger partial charge < -0.3 is 42.5 Å². The van der Waals surface area contributed by atoms with Gasteiger partial charge in [0.05, 0.1) is 18.8 Å². The monoisotopic (exact) mass is 586 g/mol. The number of carbonyl (C=O) groups excluding carboxylic acids is 4. The summed E-state index contributed by atoms with van der Waals surface area (Å²) in [6, 6.07) is 2.60. The fourth-order valence-electron chi connectivity index (χ4n) is 4.16. The SMILES string of the molecule is CSCCC(N)C(=O)NC(Cc1c[nH]c2ccccc12)C(=O)NC(Cc1cnc[nH]1)C(=O)NC(CC(N)=O)C(=O)O. The molecule has 0 aliphatic carbocycles. The molecule has 0 aliphatic rings. The number of aromatic nitrogens is 3. The molecule has 10 N–H and O–H groups in total. The minimum absolute atomic E-state index is 0.0780. The van der Waals surface area contributed by atoms with Crippen molar-refractivity contribution in [2.75, 3.05) is 12.0 Å². The van der Waals surface area contributed by atoms with Gasteiger partial charge in [0.2, 0.25) is 23.6 Å². The maximum absolute atomic E-state index is 13.6. The van der Waals surface area contributed by atoms with E-state index in [1.165, 1.54) is 24.3 Å². The fourth-order valence-corrected chi connectivity index (χ4v) is 4.65. The topological polar surface area (TPSA) is 238 Å². The van der Waals surface area contributed by atoms with Gasteiger partial charge in [0.15, 0.2) is 0 Å². The Labute approximate surface area is 239 Å². The third-order valence-electron chi connectivity index (χ3n) is 6.33. The molecular formula is C26H34N8O6S. The molecule has 220 valence electrons. The minimum Gasteiger partial charge on any atom is -0.480 e. The van der Waals surface area contributed by atoms with E-state index in [2.05, 4.69) is 30.9 Å². The van der Waals surface area contributed by atoms with Gasteiger partial charge in [-0.3, -0.25) is 19.2 Å². The number of rotatable bonds is 16. The highest BCUT2D eigenvalue weighted by atomic mass is 32.2. The Morgan fingerprint density at radius 1 is 0.976 bits per heavy atom. The van der Waals surface area contributed by atoms with Crippen molar-refractivity contribution >= 4 is 52.3 Å². The first-order valence-electron chi connectivity index (χ1n) is 12.8. The van der Waals surface area contributed by atoms with Crippen molar-refractivity contribution in [3.05, 3.63) is 54.2 Å². The molecule has 1 aromatic carbocycles. The second-order valence-electron chi connectivity index (χ2n) is 9.42. The highest BCUT2D eigenvalue weighted by molar-refractivity contribution is 7.98. The molecule has 0 saturated carbocycles. The molecule has 0 bridgehead atoms. The Hall–Kier alpha value is -4.37. The summed E-state index contributed by atoms with van der Waals surface area (Å²) in [6.45, 7) is 0. The third-order valence-corrected chi connectivity index (χ3v) is 6.98. The van der Waals surface area contributed by atoms with E-state index in [4.69, 9.17) is 11.5 Å². The number of carboxylic acids is 1. The van der Waals surface area contributed by atoms with Gasteiger partial charge in [0.25, 0.3) is 0 Å². The van der Waals surface area contributed by atoms with Crippen LogP contribution in [0.4, 0.5) is 0 Å². The molecule has 14 nitrogen and oxygen atoms in total. The van der Waals surface area contributed by atoms with Crippen molar-refractivity contribution in [3.8, 4) is 0 Å². The molecule has 4 unspecified atom stereocenters. The molecule has 4 amide bonds. The van der Waals surface area contributed by atoms with Crippen LogP contribution in [-0.4, -0.2) is 85.8 Å². The lowest BCUT2D eigenvalue weighted by Gasteiger charge is -2.25. The van der Waals surface area contributed by atoms with Crippen LogP contribution in [0.25, 0.3) is 10.9 Å². The van der Waals surface area contributed by atoms with Gasteiger partial charge in [-0.1, -0.05) is 18.2 Å². The van der Waals surface area contributed by atoms with Gasteiger partial charge in [0.1, 0.15) is 18.1 Å². The standard InChI is InChI=1S/C26H34N8O6S/c1-41-7-6-17(27)23(36)32-19(8-14-11-30-18-5-3-2-4-16(14)18)24(37)33-20(9-15-12-29-13-31-15)25(38)34-21(26(39)40)10-22(28)35/h2-5,11-13,17,19-21,30H,6-10,27H2,1H3,(H2,28,35)(H,29,31)(H,32,36)(H,33,37)(H,34,38)(H,39,40). The van der Waals surface area contributed by atoms with E-state index in [0.717, 1.165) is 16.5 Å². The largest absolute Gasteiger partial charge is 0.480 e. The van der Waals surface area contributed by atoms with E-state index >= 15 is 0 Å². The zero-order valence-electron chi connectivity index (χ0n) is 22.4. The lowest BCUT2D eigenvalue weighted by Crippen LogP contribution is -2.58. The number of aromatic amines is 2. The molecule has 3 rings (SSSR count). The van der Waals surface area contributed by atoms with Crippen LogP contribution in [0.5, 0.6) is 0 Å². The molecule has 0 fully saturated rings. The quantitative estimate of drug-likeness (QED) is 0.104. The van der Waals surface area contributed by atoms with Gasteiger partial charge in [-0.15, -0.1) is 0 Å². The smallest absolute Gasteiger partial charge is 0.326 e. The molecule has 15 heteroatoms. The highest BCUT2D eigenvalue weighted by Gasteiger charge is 2.32. The van der Waals surface area contributed by atoms with Gasteiger partial charge in [0, 0.05) is 41.8 Å². The van der Waals surface area contributed by atoms with E-state index in [1.54, 1.807) is 6.20 Å². The van der Waals surface area contributed by atoms with E-state index in [-0.39, 0.29) is 12.8 Å². The van der Waals surface area contributed by atoms with Gasteiger partial charge in [-0.2, -0.15) is 11.8 Å². The summed E-state index contributed by atoms with van der Waals surface area (Å²) in [7, 11) is 0. The molecule has 2 aromatic heterocycles. The number of benzene rings is 1. The van der Waals surface area contributed by atoms with Crippen molar-refractivity contribution in [1.82, 2.24) is 30.9 Å². The Bertz CT molecular complexity index is 1360. The number of nitrogens with two attached hydrogens (primary N) is 2.